The van der Waals surface area contributed by atoms with Crippen molar-refractivity contribution < 1.29 is 23.8 Å². The minimum absolute atomic E-state index is 0.113. The number of nitriles is 1. The highest BCUT2D eigenvalue weighted by Gasteiger charge is 2.16. The van der Waals surface area contributed by atoms with Crippen LogP contribution in [-0.2, 0) is 11.4 Å². The van der Waals surface area contributed by atoms with E-state index in [-0.39, 0.29) is 19.9 Å². The predicted molar refractivity (Wildman–Crippen MR) is 123 cm³/mol. The molecule has 0 aliphatic carbocycles. The molecular weight excluding hydrogens is 436 g/mol. The van der Waals surface area contributed by atoms with E-state index in [1.807, 2.05) is 24.3 Å². The predicted octanol–water partition coefficient (Wildman–Crippen LogP) is 2.75. The molecule has 1 heterocycles. The number of nitrogens with zero attached hydrogens (tertiary/aromatic N) is 2. The van der Waals surface area contributed by atoms with Crippen LogP contribution in [0.1, 0.15) is 27.0 Å². The van der Waals surface area contributed by atoms with E-state index in [0.29, 0.717) is 33.9 Å². The average Bonchev–Trinajstić information content (AvgIpc) is 3.35. The van der Waals surface area contributed by atoms with Crippen LogP contribution in [0.2, 0.25) is 0 Å². The Hall–Kier alpha value is -4.84. The van der Waals surface area contributed by atoms with E-state index in [1.165, 1.54) is 6.21 Å². The quantitative estimate of drug-likeness (QED) is 0.397. The number of hydrogen-bond acceptors (Lipinski definition) is 7. The van der Waals surface area contributed by atoms with E-state index < -0.39 is 11.8 Å². The first kappa shape index (κ1) is 22.4. The summed E-state index contributed by atoms with van der Waals surface area (Å²) in [6, 6.07) is 21.3. The molecule has 34 heavy (non-hydrogen) atoms. The molecule has 0 saturated heterocycles. The first-order chi connectivity index (χ1) is 16.6. The van der Waals surface area contributed by atoms with E-state index in [4.69, 9.17) is 14.2 Å². The van der Waals surface area contributed by atoms with Crippen LogP contribution < -0.4 is 25.0 Å². The molecular formula is C25H20N4O5. The monoisotopic (exact) mass is 456 g/mol. The van der Waals surface area contributed by atoms with E-state index in [1.54, 1.807) is 42.5 Å². The van der Waals surface area contributed by atoms with Crippen molar-refractivity contribution in [3.63, 3.8) is 0 Å². The van der Waals surface area contributed by atoms with Gasteiger partial charge in [-0.15, -0.1) is 0 Å². The van der Waals surface area contributed by atoms with Gasteiger partial charge in [-0.1, -0.05) is 30.3 Å². The Bertz CT molecular complexity index is 1280. The number of nitrogens with one attached hydrogen (secondary N) is 2. The number of carbonyl (C=O) groups excluding carboxylic acids is 2. The van der Waals surface area contributed by atoms with Crippen LogP contribution in [0.25, 0.3) is 0 Å². The Morgan fingerprint density at radius 3 is 2.74 bits per heavy atom. The summed E-state index contributed by atoms with van der Waals surface area (Å²) in [6.07, 6.45) is 1.45. The maximum Gasteiger partial charge on any atom is 0.259 e. The molecule has 2 amide bonds. The summed E-state index contributed by atoms with van der Waals surface area (Å²) in [7, 11) is 0. The standard InChI is InChI=1S/C25H20N4O5/c26-12-18-5-1-2-7-20(18)15-32-21-8-4-3-6-19(21)13-28-29-24(30)14-27-25(31)17-9-10-22-23(11-17)34-16-33-22/h1-11,13H,14-16H2,(H,27,31)(H,29,30). The Morgan fingerprint density at radius 1 is 1.06 bits per heavy atom. The second-order valence-corrected chi connectivity index (χ2v) is 7.14. The molecule has 0 atom stereocenters. The van der Waals surface area contributed by atoms with Gasteiger partial charge in [0.2, 0.25) is 6.79 Å². The summed E-state index contributed by atoms with van der Waals surface area (Å²) < 4.78 is 16.3. The highest BCUT2D eigenvalue weighted by Crippen LogP contribution is 2.32. The molecule has 3 aromatic carbocycles. The molecule has 1 aliphatic rings. The number of para-hydroxylation sites is 1. The van der Waals surface area contributed by atoms with Crippen LogP contribution in [0.3, 0.4) is 0 Å². The number of rotatable bonds is 8. The van der Waals surface area contributed by atoms with Gasteiger partial charge >= 0.3 is 0 Å². The smallest absolute Gasteiger partial charge is 0.259 e. The third-order valence-electron chi connectivity index (χ3n) is 4.88. The van der Waals surface area contributed by atoms with Crippen LogP contribution in [-0.4, -0.2) is 31.4 Å². The number of fused-ring (bicyclic) bond motifs is 1. The van der Waals surface area contributed by atoms with Gasteiger partial charge in [0.1, 0.15) is 12.4 Å². The molecule has 0 fully saturated rings. The summed E-state index contributed by atoms with van der Waals surface area (Å²) >= 11 is 0. The van der Waals surface area contributed by atoms with E-state index >= 15 is 0 Å². The van der Waals surface area contributed by atoms with Gasteiger partial charge in [0.15, 0.2) is 11.5 Å². The molecule has 1 aliphatic heterocycles. The molecule has 4 rings (SSSR count). The number of hydrogen-bond donors (Lipinski definition) is 2. The molecule has 0 aromatic heterocycles. The topological polar surface area (TPSA) is 122 Å². The fourth-order valence-electron chi connectivity index (χ4n) is 3.14. The van der Waals surface area contributed by atoms with E-state index in [9.17, 15) is 14.9 Å². The fourth-order valence-corrected chi connectivity index (χ4v) is 3.14. The second-order valence-electron chi connectivity index (χ2n) is 7.14. The van der Waals surface area contributed by atoms with Crippen molar-refractivity contribution in [1.82, 2.24) is 10.7 Å². The maximum absolute atomic E-state index is 12.3. The van der Waals surface area contributed by atoms with Crippen molar-refractivity contribution in [3.8, 4) is 23.3 Å². The van der Waals surface area contributed by atoms with Gasteiger partial charge in [0.25, 0.3) is 11.8 Å². The van der Waals surface area contributed by atoms with Crippen LogP contribution in [0.4, 0.5) is 0 Å². The molecule has 0 unspecified atom stereocenters. The number of amides is 2. The van der Waals surface area contributed by atoms with Gasteiger partial charge < -0.3 is 19.5 Å². The van der Waals surface area contributed by atoms with E-state index in [0.717, 1.165) is 5.56 Å². The highest BCUT2D eigenvalue weighted by molar-refractivity contribution is 5.97. The Balaban J connectivity index is 1.29. The fraction of sp³-hybridized carbons (Fsp3) is 0.120. The largest absolute Gasteiger partial charge is 0.488 e. The van der Waals surface area contributed by atoms with Crippen LogP contribution >= 0.6 is 0 Å². The third-order valence-corrected chi connectivity index (χ3v) is 4.88. The third kappa shape index (κ3) is 5.49. The Kier molecular flexibility index (Phi) is 7.00. The zero-order valence-corrected chi connectivity index (χ0v) is 18.0. The lowest BCUT2D eigenvalue weighted by molar-refractivity contribution is -0.120. The zero-order valence-electron chi connectivity index (χ0n) is 18.0. The summed E-state index contributed by atoms with van der Waals surface area (Å²) in [5, 5.41) is 15.7. The van der Waals surface area contributed by atoms with Crippen molar-refractivity contribution >= 4 is 18.0 Å². The Morgan fingerprint density at radius 2 is 1.85 bits per heavy atom. The lowest BCUT2D eigenvalue weighted by Crippen LogP contribution is -2.34. The number of carbonyl (C=O) groups is 2. The lowest BCUT2D eigenvalue weighted by atomic mass is 10.1. The molecule has 3 aromatic rings. The number of benzene rings is 3. The molecule has 2 N–H and O–H groups in total. The molecule has 0 saturated carbocycles. The first-order valence-corrected chi connectivity index (χ1v) is 10.3. The zero-order chi connectivity index (χ0) is 23.8. The van der Waals surface area contributed by atoms with Gasteiger partial charge in [-0.2, -0.15) is 10.4 Å². The molecule has 0 bridgehead atoms. The van der Waals surface area contributed by atoms with E-state index in [2.05, 4.69) is 21.9 Å². The van der Waals surface area contributed by atoms with Crippen LogP contribution in [0.5, 0.6) is 17.2 Å². The van der Waals surface area contributed by atoms with Crippen LogP contribution in [0.15, 0.2) is 71.8 Å². The van der Waals surface area contributed by atoms with Crippen molar-refractivity contribution in [2.75, 3.05) is 13.3 Å². The summed E-state index contributed by atoms with van der Waals surface area (Å²) in [4.78, 5) is 24.3. The summed E-state index contributed by atoms with van der Waals surface area (Å²) in [5.41, 5.74) is 4.68. The summed E-state index contributed by atoms with van der Waals surface area (Å²) in [5.74, 6) is 0.686. The second kappa shape index (κ2) is 10.7. The summed E-state index contributed by atoms with van der Waals surface area (Å²) in [6.45, 7) is 0.0721. The van der Waals surface area contributed by atoms with Gasteiger partial charge in [-0.05, 0) is 36.4 Å². The van der Waals surface area contributed by atoms with Crippen LogP contribution in [0, 0.1) is 11.3 Å². The first-order valence-electron chi connectivity index (χ1n) is 10.3. The number of ether oxygens (including phenoxy) is 3. The molecule has 0 spiro atoms. The Labute approximate surface area is 195 Å². The normalized spacial score (nSPS) is 11.6. The molecule has 0 radical (unpaired) electrons. The van der Waals surface area contributed by atoms with Gasteiger partial charge in [0.05, 0.1) is 24.4 Å². The minimum Gasteiger partial charge on any atom is -0.488 e. The SMILES string of the molecule is N#Cc1ccccc1COc1ccccc1C=NNC(=O)CNC(=O)c1ccc2c(c1)OCO2. The van der Waals surface area contributed by atoms with Crippen molar-refractivity contribution in [2.24, 2.45) is 5.10 Å². The highest BCUT2D eigenvalue weighted by atomic mass is 16.7. The molecule has 170 valence electrons. The van der Waals surface area contributed by atoms with Crippen molar-refractivity contribution in [1.29, 1.82) is 5.26 Å². The van der Waals surface area contributed by atoms with Gasteiger partial charge in [-0.3, -0.25) is 9.59 Å². The van der Waals surface area contributed by atoms with Gasteiger partial charge in [-0.25, -0.2) is 5.43 Å². The number of hydrazone groups is 1. The lowest BCUT2D eigenvalue weighted by Gasteiger charge is -2.10. The van der Waals surface area contributed by atoms with Crippen molar-refractivity contribution in [3.05, 3.63) is 89.0 Å². The van der Waals surface area contributed by atoms with Crippen molar-refractivity contribution in [2.45, 2.75) is 6.61 Å². The molecule has 9 nitrogen and oxygen atoms in total. The maximum atomic E-state index is 12.3. The minimum atomic E-state index is -0.494. The van der Waals surface area contributed by atoms with Gasteiger partial charge in [0, 0.05) is 16.7 Å². The average molecular weight is 456 g/mol. The molecule has 9 heteroatoms.